The van der Waals surface area contributed by atoms with Crippen molar-refractivity contribution in [1.82, 2.24) is 0 Å². The van der Waals surface area contributed by atoms with Gasteiger partial charge in [-0.05, 0) is 30.3 Å². The first-order valence-electron chi connectivity index (χ1n) is 5.41. The van der Waals surface area contributed by atoms with Gasteiger partial charge in [-0.2, -0.15) is 0 Å². The molecule has 0 spiro atoms. The molecular formula is C13H9F3N2OS. The molecule has 0 heterocycles. The summed E-state index contributed by atoms with van der Waals surface area (Å²) >= 11 is 0.922. The van der Waals surface area contributed by atoms with Crippen LogP contribution in [0.4, 0.5) is 13.2 Å². The highest BCUT2D eigenvalue weighted by Crippen LogP contribution is 2.32. The van der Waals surface area contributed by atoms with E-state index in [1.165, 1.54) is 12.1 Å². The van der Waals surface area contributed by atoms with E-state index < -0.39 is 17.5 Å². The highest BCUT2D eigenvalue weighted by Gasteiger charge is 2.12. The molecule has 0 radical (unpaired) electrons. The van der Waals surface area contributed by atoms with Crippen molar-refractivity contribution in [3.8, 4) is 0 Å². The fraction of sp³-hybridized carbons (Fsp3) is 0. The molecule has 0 atom stereocenters. The van der Waals surface area contributed by atoms with Gasteiger partial charge in [0.25, 0.3) is 0 Å². The summed E-state index contributed by atoms with van der Waals surface area (Å²) in [7, 11) is 0. The van der Waals surface area contributed by atoms with Gasteiger partial charge < -0.3 is 10.9 Å². The first kappa shape index (κ1) is 14.3. The number of nitrogens with zero attached hydrogens (tertiary/aromatic N) is 1. The predicted molar refractivity (Wildman–Crippen MR) is 69.4 cm³/mol. The summed E-state index contributed by atoms with van der Waals surface area (Å²) in [5.41, 5.74) is 5.57. The van der Waals surface area contributed by atoms with Crippen molar-refractivity contribution in [1.29, 1.82) is 0 Å². The van der Waals surface area contributed by atoms with E-state index in [0.29, 0.717) is 4.90 Å². The van der Waals surface area contributed by atoms with Crippen LogP contribution < -0.4 is 5.73 Å². The molecule has 0 aliphatic rings. The molecule has 3 nitrogen and oxygen atoms in total. The monoisotopic (exact) mass is 298 g/mol. The summed E-state index contributed by atoms with van der Waals surface area (Å²) in [6.07, 6.45) is 0. The summed E-state index contributed by atoms with van der Waals surface area (Å²) in [4.78, 5) is 0.525. The zero-order chi connectivity index (χ0) is 14.7. The largest absolute Gasteiger partial charge is 0.409 e. The van der Waals surface area contributed by atoms with Crippen molar-refractivity contribution >= 4 is 17.6 Å². The molecule has 0 saturated carbocycles. The minimum Gasteiger partial charge on any atom is -0.409 e. The average molecular weight is 298 g/mol. The fourth-order valence-electron chi connectivity index (χ4n) is 1.52. The van der Waals surface area contributed by atoms with Crippen LogP contribution in [0.15, 0.2) is 51.3 Å². The second-order valence-corrected chi connectivity index (χ2v) is 4.89. The van der Waals surface area contributed by atoms with Crippen LogP contribution in [0.1, 0.15) is 5.56 Å². The average Bonchev–Trinajstić information content (AvgIpc) is 2.42. The van der Waals surface area contributed by atoms with Crippen molar-refractivity contribution in [3.05, 3.63) is 59.4 Å². The zero-order valence-corrected chi connectivity index (χ0v) is 10.8. The Morgan fingerprint density at radius 2 is 1.60 bits per heavy atom. The summed E-state index contributed by atoms with van der Waals surface area (Å²) in [5.74, 6) is -2.31. The molecule has 0 aliphatic carbocycles. The lowest BCUT2D eigenvalue weighted by atomic mass is 10.2. The van der Waals surface area contributed by atoms with Gasteiger partial charge in [-0.3, -0.25) is 0 Å². The third kappa shape index (κ3) is 3.05. The Kier molecular flexibility index (Phi) is 4.19. The van der Waals surface area contributed by atoms with Gasteiger partial charge in [-0.25, -0.2) is 13.2 Å². The van der Waals surface area contributed by atoms with Crippen LogP contribution in [-0.4, -0.2) is 11.0 Å². The van der Waals surface area contributed by atoms with E-state index in [2.05, 4.69) is 5.16 Å². The van der Waals surface area contributed by atoms with Gasteiger partial charge in [0.05, 0.1) is 0 Å². The lowest BCUT2D eigenvalue weighted by molar-refractivity contribution is 0.318. The molecule has 2 aromatic carbocycles. The SMILES string of the molecule is NC(=NO)c1cc(F)ccc1Sc1ccc(F)cc1F. The smallest absolute Gasteiger partial charge is 0.171 e. The van der Waals surface area contributed by atoms with Crippen LogP contribution in [0.2, 0.25) is 0 Å². The van der Waals surface area contributed by atoms with Crippen LogP contribution in [0.3, 0.4) is 0 Å². The summed E-state index contributed by atoms with van der Waals surface area (Å²) < 4.78 is 39.6. The van der Waals surface area contributed by atoms with Gasteiger partial charge in [0.1, 0.15) is 17.5 Å². The molecule has 0 amide bonds. The fourth-order valence-corrected chi connectivity index (χ4v) is 2.46. The molecule has 104 valence electrons. The quantitative estimate of drug-likeness (QED) is 0.395. The van der Waals surface area contributed by atoms with Crippen LogP contribution >= 0.6 is 11.8 Å². The van der Waals surface area contributed by atoms with E-state index in [-0.39, 0.29) is 16.3 Å². The Balaban J connectivity index is 2.43. The minimum absolute atomic E-state index is 0.126. The zero-order valence-electron chi connectivity index (χ0n) is 9.98. The van der Waals surface area contributed by atoms with Crippen molar-refractivity contribution in [3.63, 3.8) is 0 Å². The lowest BCUT2D eigenvalue weighted by Crippen LogP contribution is -2.14. The van der Waals surface area contributed by atoms with Gasteiger partial charge in [-0.1, -0.05) is 16.9 Å². The summed E-state index contributed by atoms with van der Waals surface area (Å²) in [5, 5.41) is 11.5. The number of rotatable bonds is 3. The normalized spacial score (nSPS) is 11.7. The van der Waals surface area contributed by atoms with Crippen LogP contribution in [-0.2, 0) is 0 Å². The number of amidine groups is 1. The maximum Gasteiger partial charge on any atom is 0.171 e. The van der Waals surface area contributed by atoms with E-state index in [1.807, 2.05) is 0 Å². The Bertz CT molecular complexity index is 677. The number of nitrogens with two attached hydrogens (primary N) is 1. The predicted octanol–water partition coefficient (Wildman–Crippen LogP) is 3.35. The Morgan fingerprint density at radius 1 is 1.00 bits per heavy atom. The van der Waals surface area contributed by atoms with Crippen LogP contribution in [0.5, 0.6) is 0 Å². The van der Waals surface area contributed by atoms with Crippen LogP contribution in [0, 0.1) is 17.5 Å². The highest BCUT2D eigenvalue weighted by atomic mass is 32.2. The van der Waals surface area contributed by atoms with Crippen molar-refractivity contribution in [2.75, 3.05) is 0 Å². The lowest BCUT2D eigenvalue weighted by Gasteiger charge is -2.09. The number of halogens is 3. The number of oxime groups is 1. The Morgan fingerprint density at radius 3 is 2.20 bits per heavy atom. The molecule has 2 rings (SSSR count). The van der Waals surface area contributed by atoms with Gasteiger partial charge >= 0.3 is 0 Å². The second-order valence-electron chi connectivity index (χ2n) is 3.80. The first-order chi connectivity index (χ1) is 9.51. The molecule has 0 fully saturated rings. The van der Waals surface area contributed by atoms with E-state index in [0.717, 1.165) is 36.0 Å². The van der Waals surface area contributed by atoms with Crippen molar-refractivity contribution < 1.29 is 18.4 Å². The first-order valence-corrected chi connectivity index (χ1v) is 6.23. The highest BCUT2D eigenvalue weighted by molar-refractivity contribution is 7.99. The second kappa shape index (κ2) is 5.87. The minimum atomic E-state index is -0.746. The van der Waals surface area contributed by atoms with E-state index in [4.69, 9.17) is 10.9 Å². The Labute approximate surface area is 116 Å². The van der Waals surface area contributed by atoms with E-state index in [1.54, 1.807) is 0 Å². The molecule has 0 aromatic heterocycles. The maximum absolute atomic E-state index is 13.6. The molecule has 0 saturated heterocycles. The van der Waals surface area contributed by atoms with Gasteiger partial charge in [0, 0.05) is 21.4 Å². The molecular weight excluding hydrogens is 289 g/mol. The summed E-state index contributed by atoms with van der Waals surface area (Å²) in [6, 6.07) is 6.72. The van der Waals surface area contributed by atoms with E-state index >= 15 is 0 Å². The van der Waals surface area contributed by atoms with E-state index in [9.17, 15) is 13.2 Å². The van der Waals surface area contributed by atoms with Crippen molar-refractivity contribution in [2.24, 2.45) is 10.9 Å². The third-order valence-electron chi connectivity index (χ3n) is 2.44. The summed E-state index contributed by atoms with van der Waals surface area (Å²) in [6.45, 7) is 0. The van der Waals surface area contributed by atoms with Gasteiger partial charge in [0.2, 0.25) is 0 Å². The number of hydrogen-bond acceptors (Lipinski definition) is 3. The Hall–Kier alpha value is -2.15. The molecule has 0 unspecified atom stereocenters. The van der Waals surface area contributed by atoms with Crippen molar-refractivity contribution in [2.45, 2.75) is 9.79 Å². The molecule has 3 N–H and O–H groups in total. The molecule has 7 heteroatoms. The number of hydrogen-bond donors (Lipinski definition) is 2. The van der Waals surface area contributed by atoms with Crippen LogP contribution in [0.25, 0.3) is 0 Å². The third-order valence-corrected chi connectivity index (χ3v) is 3.57. The topological polar surface area (TPSA) is 58.6 Å². The molecule has 20 heavy (non-hydrogen) atoms. The standard InChI is InChI=1S/C13H9F3N2OS/c14-7-1-3-11(9(5-7)13(17)18-19)20-12-4-2-8(15)6-10(12)16/h1-6,19H,(H2,17,18). The van der Waals surface area contributed by atoms with Gasteiger partial charge in [0.15, 0.2) is 5.84 Å². The maximum atomic E-state index is 13.6. The molecule has 2 aromatic rings. The van der Waals surface area contributed by atoms with Gasteiger partial charge in [-0.15, -0.1) is 0 Å². The number of benzene rings is 2. The molecule has 0 bridgehead atoms. The molecule has 0 aliphatic heterocycles.